The van der Waals surface area contributed by atoms with Gasteiger partial charge in [0.05, 0.1) is 6.61 Å². The molecule has 0 heterocycles. The smallest absolute Gasteiger partial charge is 0.119 e. The van der Waals surface area contributed by atoms with Crippen LogP contribution in [0, 0.1) is 0 Å². The highest BCUT2D eigenvalue weighted by molar-refractivity contribution is 9.09. The van der Waals surface area contributed by atoms with E-state index in [1.54, 1.807) is 0 Å². The fraction of sp³-hybridized carbons (Fsp3) is 0.200. The van der Waals surface area contributed by atoms with Crippen molar-refractivity contribution in [3.05, 3.63) is 53.6 Å². The van der Waals surface area contributed by atoms with Crippen molar-refractivity contribution < 1.29 is 4.74 Å². The summed E-state index contributed by atoms with van der Waals surface area (Å²) < 4.78 is 5.61. The normalized spacial score (nSPS) is 10.3. The van der Waals surface area contributed by atoms with Crippen molar-refractivity contribution >= 4 is 27.5 Å². The van der Waals surface area contributed by atoms with Crippen LogP contribution in [0.2, 0.25) is 5.02 Å². The number of rotatable bonds is 5. The second-order valence-electron chi connectivity index (χ2n) is 3.92. The van der Waals surface area contributed by atoms with Gasteiger partial charge in [0.25, 0.3) is 0 Å². The Labute approximate surface area is 121 Å². The number of benzene rings is 2. The van der Waals surface area contributed by atoms with Crippen molar-refractivity contribution in [2.75, 3.05) is 11.9 Å². The van der Waals surface area contributed by atoms with Crippen molar-refractivity contribution in [1.29, 1.82) is 0 Å². The van der Waals surface area contributed by atoms with Crippen LogP contribution in [0.15, 0.2) is 48.5 Å². The third-order valence-corrected chi connectivity index (χ3v) is 3.39. The lowest BCUT2D eigenvalue weighted by Gasteiger charge is -2.06. The summed E-state index contributed by atoms with van der Waals surface area (Å²) in [6, 6.07) is 16.0. The average Bonchev–Trinajstić information content (AvgIpc) is 2.41. The Morgan fingerprint density at radius 2 is 1.44 bits per heavy atom. The molecule has 3 heteroatoms. The predicted molar refractivity (Wildman–Crippen MR) is 80.8 cm³/mol. The van der Waals surface area contributed by atoms with Crippen LogP contribution in [0.4, 0.5) is 0 Å². The second kappa shape index (κ2) is 6.81. The Kier molecular flexibility index (Phi) is 5.09. The molecule has 2 aromatic rings. The molecule has 0 aliphatic carbocycles. The molecular formula is C15H14BrClO. The Morgan fingerprint density at radius 1 is 0.889 bits per heavy atom. The molecule has 0 saturated heterocycles. The lowest BCUT2D eigenvalue weighted by molar-refractivity contribution is 0.319. The fourth-order valence-electron chi connectivity index (χ4n) is 1.63. The SMILES string of the molecule is Clc1ccc(-c2ccc(OCCCBr)cc2)cc1. The Hall–Kier alpha value is -0.990. The Morgan fingerprint density at radius 3 is 2.00 bits per heavy atom. The van der Waals surface area contributed by atoms with E-state index in [-0.39, 0.29) is 0 Å². The fourth-order valence-corrected chi connectivity index (χ4v) is 1.99. The van der Waals surface area contributed by atoms with Crippen LogP contribution in [0.3, 0.4) is 0 Å². The maximum Gasteiger partial charge on any atom is 0.119 e. The molecule has 0 aliphatic rings. The van der Waals surface area contributed by atoms with Crippen LogP contribution < -0.4 is 4.74 Å². The number of halogens is 2. The van der Waals surface area contributed by atoms with Gasteiger partial charge in [0, 0.05) is 10.4 Å². The Balaban J connectivity index is 2.05. The average molecular weight is 326 g/mol. The highest BCUT2D eigenvalue weighted by Crippen LogP contribution is 2.23. The van der Waals surface area contributed by atoms with E-state index in [1.807, 2.05) is 36.4 Å². The lowest BCUT2D eigenvalue weighted by atomic mass is 10.1. The van der Waals surface area contributed by atoms with E-state index < -0.39 is 0 Å². The van der Waals surface area contributed by atoms with E-state index in [1.165, 1.54) is 5.56 Å². The van der Waals surface area contributed by atoms with Gasteiger partial charge in [-0.05, 0) is 41.8 Å². The topological polar surface area (TPSA) is 9.23 Å². The van der Waals surface area contributed by atoms with E-state index in [0.29, 0.717) is 0 Å². The first-order chi connectivity index (χ1) is 8.79. The van der Waals surface area contributed by atoms with Gasteiger partial charge < -0.3 is 4.74 Å². The van der Waals surface area contributed by atoms with Gasteiger partial charge in [0.1, 0.15) is 5.75 Å². The summed E-state index contributed by atoms with van der Waals surface area (Å²) in [5.41, 5.74) is 2.32. The maximum absolute atomic E-state index is 5.87. The van der Waals surface area contributed by atoms with Gasteiger partial charge in [-0.1, -0.05) is 51.8 Å². The van der Waals surface area contributed by atoms with Crippen molar-refractivity contribution in [1.82, 2.24) is 0 Å². The van der Waals surface area contributed by atoms with E-state index in [4.69, 9.17) is 16.3 Å². The van der Waals surface area contributed by atoms with Gasteiger partial charge in [-0.15, -0.1) is 0 Å². The summed E-state index contributed by atoms with van der Waals surface area (Å²) in [6.45, 7) is 0.742. The molecule has 0 unspecified atom stereocenters. The lowest BCUT2D eigenvalue weighted by Crippen LogP contribution is -1.97. The molecule has 0 bridgehead atoms. The minimum Gasteiger partial charge on any atom is -0.494 e. The first-order valence-electron chi connectivity index (χ1n) is 5.84. The molecule has 0 atom stereocenters. The minimum atomic E-state index is 0.742. The molecule has 0 saturated carbocycles. The monoisotopic (exact) mass is 324 g/mol. The molecule has 1 nitrogen and oxygen atoms in total. The van der Waals surface area contributed by atoms with E-state index in [9.17, 15) is 0 Å². The molecule has 2 aromatic carbocycles. The summed E-state index contributed by atoms with van der Waals surface area (Å²) in [5.74, 6) is 0.911. The summed E-state index contributed by atoms with van der Waals surface area (Å²) in [7, 11) is 0. The predicted octanol–water partition coefficient (Wildman–Crippen LogP) is 5.17. The van der Waals surface area contributed by atoms with Crippen molar-refractivity contribution in [3.63, 3.8) is 0 Å². The molecule has 0 aliphatic heterocycles. The maximum atomic E-state index is 5.87. The van der Waals surface area contributed by atoms with Crippen molar-refractivity contribution in [3.8, 4) is 16.9 Å². The van der Waals surface area contributed by atoms with Gasteiger partial charge in [-0.3, -0.25) is 0 Å². The molecule has 0 aromatic heterocycles. The molecule has 94 valence electrons. The van der Waals surface area contributed by atoms with E-state index in [2.05, 4.69) is 28.1 Å². The number of hydrogen-bond donors (Lipinski definition) is 0. The number of ether oxygens (including phenoxy) is 1. The second-order valence-corrected chi connectivity index (χ2v) is 5.15. The molecular weight excluding hydrogens is 312 g/mol. The molecule has 0 radical (unpaired) electrons. The largest absolute Gasteiger partial charge is 0.494 e. The van der Waals surface area contributed by atoms with Crippen LogP contribution in [0.1, 0.15) is 6.42 Å². The number of hydrogen-bond acceptors (Lipinski definition) is 1. The van der Waals surface area contributed by atoms with Crippen LogP contribution in [0.25, 0.3) is 11.1 Å². The van der Waals surface area contributed by atoms with Gasteiger partial charge in [0.15, 0.2) is 0 Å². The zero-order valence-electron chi connectivity index (χ0n) is 9.90. The van der Waals surface area contributed by atoms with Crippen LogP contribution >= 0.6 is 27.5 Å². The minimum absolute atomic E-state index is 0.742. The Bertz CT molecular complexity index is 479. The van der Waals surface area contributed by atoms with Crippen LogP contribution in [0.5, 0.6) is 5.75 Å². The summed E-state index contributed by atoms with van der Waals surface area (Å²) in [6.07, 6.45) is 1.01. The van der Waals surface area contributed by atoms with Gasteiger partial charge >= 0.3 is 0 Å². The van der Waals surface area contributed by atoms with E-state index >= 15 is 0 Å². The molecule has 0 amide bonds. The zero-order valence-corrected chi connectivity index (χ0v) is 12.2. The third kappa shape index (κ3) is 3.76. The number of alkyl halides is 1. The quantitative estimate of drug-likeness (QED) is 0.544. The van der Waals surface area contributed by atoms with Crippen LogP contribution in [-0.2, 0) is 0 Å². The summed E-state index contributed by atoms with van der Waals surface area (Å²) in [4.78, 5) is 0. The highest BCUT2D eigenvalue weighted by atomic mass is 79.9. The zero-order chi connectivity index (χ0) is 12.8. The summed E-state index contributed by atoms with van der Waals surface area (Å²) in [5, 5.41) is 1.73. The van der Waals surface area contributed by atoms with E-state index in [0.717, 1.165) is 34.7 Å². The third-order valence-electron chi connectivity index (χ3n) is 2.58. The molecule has 0 fully saturated rings. The van der Waals surface area contributed by atoms with Gasteiger partial charge in [-0.2, -0.15) is 0 Å². The standard InChI is InChI=1S/C15H14BrClO/c16-10-1-11-18-15-8-4-13(5-9-15)12-2-6-14(17)7-3-12/h2-9H,1,10-11H2. The summed E-state index contributed by atoms with van der Waals surface area (Å²) >= 11 is 9.25. The van der Waals surface area contributed by atoms with Gasteiger partial charge in [0.2, 0.25) is 0 Å². The molecule has 0 N–H and O–H groups in total. The molecule has 2 rings (SSSR count). The first-order valence-corrected chi connectivity index (χ1v) is 7.34. The van der Waals surface area contributed by atoms with Gasteiger partial charge in [-0.25, -0.2) is 0 Å². The van der Waals surface area contributed by atoms with Crippen molar-refractivity contribution in [2.24, 2.45) is 0 Å². The highest BCUT2D eigenvalue weighted by Gasteiger charge is 1.99. The van der Waals surface area contributed by atoms with Crippen LogP contribution in [-0.4, -0.2) is 11.9 Å². The van der Waals surface area contributed by atoms with Crippen molar-refractivity contribution in [2.45, 2.75) is 6.42 Å². The first kappa shape index (κ1) is 13.4. The molecule has 18 heavy (non-hydrogen) atoms. The molecule has 0 spiro atoms.